The maximum atomic E-state index is 11.6. The summed E-state index contributed by atoms with van der Waals surface area (Å²) in [6, 6.07) is 0. The lowest BCUT2D eigenvalue weighted by molar-refractivity contribution is -0.121. The second-order valence-corrected chi connectivity index (χ2v) is 4.06. The number of aryl methyl sites for hydroxylation is 1. The Labute approximate surface area is 114 Å². The van der Waals surface area contributed by atoms with E-state index in [0.29, 0.717) is 12.4 Å². The highest BCUT2D eigenvalue weighted by atomic mass is 16.4. The van der Waals surface area contributed by atoms with Crippen molar-refractivity contribution in [1.29, 1.82) is 0 Å². The zero-order chi connectivity index (χ0) is 14.7. The average Bonchev–Trinajstić information content (AvgIpc) is 2.95. The van der Waals surface area contributed by atoms with Crippen LogP contribution in [0.25, 0.3) is 11.5 Å². The molecule has 2 aromatic heterocycles. The van der Waals surface area contributed by atoms with E-state index in [4.69, 9.17) is 5.11 Å². The molecule has 2 heterocycles. The zero-order valence-corrected chi connectivity index (χ0v) is 11.1. The van der Waals surface area contributed by atoms with Gasteiger partial charge in [-0.25, -0.2) is 14.5 Å². The molecule has 0 fully saturated rings. The number of aromatic carboxylic acids is 1. The molecule has 0 spiro atoms. The van der Waals surface area contributed by atoms with E-state index in [2.05, 4.69) is 20.6 Å². The summed E-state index contributed by atoms with van der Waals surface area (Å²) in [6.07, 6.45) is 3.20. The van der Waals surface area contributed by atoms with Crippen LogP contribution < -0.4 is 5.32 Å². The van der Waals surface area contributed by atoms with Crippen LogP contribution >= 0.6 is 0 Å². The minimum Gasteiger partial charge on any atom is -0.476 e. The van der Waals surface area contributed by atoms with Crippen molar-refractivity contribution in [2.45, 2.75) is 13.5 Å². The molecule has 0 atom stereocenters. The maximum absolute atomic E-state index is 11.6. The summed E-state index contributed by atoms with van der Waals surface area (Å²) in [5.41, 5.74) is -0.0279. The largest absolute Gasteiger partial charge is 0.476 e. The van der Waals surface area contributed by atoms with Gasteiger partial charge in [0.2, 0.25) is 11.6 Å². The van der Waals surface area contributed by atoms with Gasteiger partial charge in [0.05, 0.1) is 0 Å². The van der Waals surface area contributed by atoms with Crippen molar-refractivity contribution in [3.05, 3.63) is 18.1 Å². The third-order valence-corrected chi connectivity index (χ3v) is 2.64. The second-order valence-electron chi connectivity index (χ2n) is 4.06. The molecule has 0 bridgehead atoms. The molecule has 9 heteroatoms. The number of imidazole rings is 1. The Kier molecular flexibility index (Phi) is 3.78. The van der Waals surface area contributed by atoms with Crippen molar-refractivity contribution in [1.82, 2.24) is 29.9 Å². The molecule has 0 unspecified atom stereocenters. The molecule has 9 nitrogen and oxygen atoms in total. The van der Waals surface area contributed by atoms with E-state index in [-0.39, 0.29) is 23.8 Å². The lowest BCUT2D eigenvalue weighted by atomic mass is 10.3. The number of hydrogen-bond donors (Lipinski definition) is 2. The van der Waals surface area contributed by atoms with E-state index in [0.717, 1.165) is 0 Å². The quantitative estimate of drug-likeness (QED) is 0.762. The Morgan fingerprint density at radius 1 is 1.45 bits per heavy atom. The third kappa shape index (κ3) is 2.51. The third-order valence-electron chi connectivity index (χ3n) is 2.64. The highest BCUT2D eigenvalue weighted by molar-refractivity contribution is 5.92. The Morgan fingerprint density at radius 2 is 2.20 bits per heavy atom. The predicted molar refractivity (Wildman–Crippen MR) is 67.9 cm³/mol. The van der Waals surface area contributed by atoms with Gasteiger partial charge in [0, 0.05) is 26.0 Å². The molecule has 106 valence electrons. The summed E-state index contributed by atoms with van der Waals surface area (Å²) in [5, 5.41) is 19.1. The molecule has 0 saturated carbocycles. The second kappa shape index (κ2) is 5.51. The van der Waals surface area contributed by atoms with Gasteiger partial charge < -0.3 is 15.0 Å². The summed E-state index contributed by atoms with van der Waals surface area (Å²) in [7, 11) is 1.72. The molecule has 2 rings (SSSR count). The molecule has 20 heavy (non-hydrogen) atoms. The molecule has 2 aromatic rings. The number of carbonyl (C=O) groups excluding carboxylic acids is 1. The summed E-state index contributed by atoms with van der Waals surface area (Å²) in [4.78, 5) is 26.9. The molecular formula is C11H14N6O3. The first-order valence-corrected chi connectivity index (χ1v) is 5.95. The fourth-order valence-electron chi connectivity index (χ4n) is 1.77. The number of nitrogens with zero attached hydrogens (tertiary/aromatic N) is 5. The van der Waals surface area contributed by atoms with Gasteiger partial charge >= 0.3 is 5.97 Å². The first-order valence-electron chi connectivity index (χ1n) is 5.95. The van der Waals surface area contributed by atoms with E-state index in [1.807, 2.05) is 0 Å². The number of hydrogen-bond acceptors (Lipinski definition) is 5. The molecule has 0 aromatic carbocycles. The van der Waals surface area contributed by atoms with E-state index in [1.54, 1.807) is 24.7 Å². The van der Waals surface area contributed by atoms with Crippen molar-refractivity contribution in [3.63, 3.8) is 0 Å². The summed E-state index contributed by atoms with van der Waals surface area (Å²) >= 11 is 0. The Bertz CT molecular complexity index is 644. The van der Waals surface area contributed by atoms with Gasteiger partial charge in [-0.05, 0) is 6.92 Å². The van der Waals surface area contributed by atoms with Crippen molar-refractivity contribution in [2.24, 2.45) is 7.05 Å². The van der Waals surface area contributed by atoms with Crippen LogP contribution in [0.3, 0.4) is 0 Å². The van der Waals surface area contributed by atoms with Gasteiger partial charge in [0.15, 0.2) is 5.82 Å². The lowest BCUT2D eigenvalue weighted by Crippen LogP contribution is -2.28. The Balaban J connectivity index is 2.46. The van der Waals surface area contributed by atoms with Gasteiger partial charge in [-0.3, -0.25) is 4.79 Å². The molecule has 0 aliphatic carbocycles. The topological polar surface area (TPSA) is 115 Å². The molecule has 0 aliphatic rings. The van der Waals surface area contributed by atoms with Crippen LogP contribution in [0.1, 0.15) is 17.4 Å². The highest BCUT2D eigenvalue weighted by Gasteiger charge is 2.24. The maximum Gasteiger partial charge on any atom is 0.358 e. The predicted octanol–water partition coefficient (Wildman–Crippen LogP) is -0.487. The van der Waals surface area contributed by atoms with E-state index >= 15 is 0 Å². The number of amides is 1. The number of carboxylic acids is 1. The molecule has 0 saturated heterocycles. The van der Waals surface area contributed by atoms with Crippen LogP contribution in [-0.2, 0) is 18.4 Å². The molecule has 0 radical (unpaired) electrons. The Hall–Kier alpha value is -2.71. The Morgan fingerprint density at radius 3 is 2.75 bits per heavy atom. The van der Waals surface area contributed by atoms with Crippen LogP contribution in [0.2, 0.25) is 0 Å². The molecular weight excluding hydrogens is 264 g/mol. The highest BCUT2D eigenvalue weighted by Crippen LogP contribution is 2.19. The average molecular weight is 278 g/mol. The van der Waals surface area contributed by atoms with Gasteiger partial charge in [-0.1, -0.05) is 5.21 Å². The van der Waals surface area contributed by atoms with Crippen molar-refractivity contribution in [2.75, 3.05) is 6.54 Å². The first kappa shape index (κ1) is 13.7. The number of carbonyl (C=O) groups is 2. The van der Waals surface area contributed by atoms with E-state index in [9.17, 15) is 9.59 Å². The van der Waals surface area contributed by atoms with E-state index in [1.165, 1.54) is 10.9 Å². The monoisotopic (exact) mass is 278 g/mol. The van der Waals surface area contributed by atoms with Crippen molar-refractivity contribution >= 4 is 11.9 Å². The number of likely N-dealkylation sites (N-methyl/N-ethyl adjacent to an activating group) is 1. The van der Waals surface area contributed by atoms with Gasteiger partial charge in [-0.2, -0.15) is 0 Å². The molecule has 0 aliphatic heterocycles. The zero-order valence-electron chi connectivity index (χ0n) is 11.1. The van der Waals surface area contributed by atoms with Gasteiger partial charge in [-0.15, -0.1) is 5.10 Å². The van der Waals surface area contributed by atoms with Crippen LogP contribution in [0, 0.1) is 0 Å². The van der Waals surface area contributed by atoms with Crippen molar-refractivity contribution in [3.8, 4) is 11.5 Å². The summed E-state index contributed by atoms with van der Waals surface area (Å²) < 4.78 is 2.87. The normalized spacial score (nSPS) is 10.5. The van der Waals surface area contributed by atoms with Gasteiger partial charge in [0.1, 0.15) is 12.2 Å². The van der Waals surface area contributed by atoms with Crippen LogP contribution in [0.5, 0.6) is 0 Å². The minimum atomic E-state index is -1.22. The summed E-state index contributed by atoms with van der Waals surface area (Å²) in [6.45, 7) is 2.16. The first-order chi connectivity index (χ1) is 9.54. The lowest BCUT2D eigenvalue weighted by Gasteiger charge is -2.07. The fraction of sp³-hybridized carbons (Fsp3) is 0.364. The fourth-order valence-corrected chi connectivity index (χ4v) is 1.77. The van der Waals surface area contributed by atoms with Gasteiger partial charge in [0.25, 0.3) is 0 Å². The molecule has 1 amide bonds. The number of aromatic nitrogens is 5. The SMILES string of the molecule is CCNC(=O)Cn1nnc(C(=O)O)c1-c1nccn1C. The van der Waals surface area contributed by atoms with E-state index < -0.39 is 5.97 Å². The minimum absolute atomic E-state index is 0.115. The van der Waals surface area contributed by atoms with Crippen LogP contribution in [-0.4, -0.2) is 48.1 Å². The van der Waals surface area contributed by atoms with Crippen LogP contribution in [0.4, 0.5) is 0 Å². The summed E-state index contributed by atoms with van der Waals surface area (Å²) in [5.74, 6) is -1.10. The number of carboxylic acid groups (broad SMARTS) is 1. The number of nitrogens with one attached hydrogen (secondary N) is 1. The number of rotatable bonds is 5. The molecule has 2 N–H and O–H groups in total. The standard InChI is InChI=1S/C11H14N6O3/c1-3-12-7(18)6-17-9(8(11(19)20)14-15-17)10-13-4-5-16(10)2/h4-5H,3,6H2,1-2H3,(H,12,18)(H,19,20). The van der Waals surface area contributed by atoms with Crippen LogP contribution in [0.15, 0.2) is 12.4 Å². The van der Waals surface area contributed by atoms with Crippen molar-refractivity contribution < 1.29 is 14.7 Å². The smallest absolute Gasteiger partial charge is 0.358 e.